The molecule has 114 valence electrons. The molecule has 2 aliphatic rings. The van der Waals surface area contributed by atoms with E-state index in [1.54, 1.807) is 0 Å². The fourth-order valence-corrected chi connectivity index (χ4v) is 3.73. The highest BCUT2D eigenvalue weighted by Gasteiger charge is 2.36. The summed E-state index contributed by atoms with van der Waals surface area (Å²) in [5.74, 6) is 0.355. The second-order valence-corrected chi connectivity index (χ2v) is 7.36. The lowest BCUT2D eigenvalue weighted by Crippen LogP contribution is -2.44. The van der Waals surface area contributed by atoms with Crippen LogP contribution in [-0.4, -0.2) is 18.5 Å². The van der Waals surface area contributed by atoms with E-state index in [0.717, 1.165) is 17.8 Å². The molecule has 1 unspecified atom stereocenters. The number of carbonyl (C=O) groups excluding carboxylic acids is 1. The second-order valence-electron chi connectivity index (χ2n) is 7.36. The Morgan fingerprint density at radius 1 is 1.43 bits per heavy atom. The molecule has 1 aliphatic carbocycles. The molecular formula is C17H23FN2O. The van der Waals surface area contributed by atoms with E-state index in [2.05, 4.69) is 24.5 Å². The van der Waals surface area contributed by atoms with Gasteiger partial charge in [0, 0.05) is 24.2 Å². The van der Waals surface area contributed by atoms with Gasteiger partial charge in [0.1, 0.15) is 11.9 Å². The average Bonchev–Trinajstić information content (AvgIpc) is 2.77. The number of carbonyl (C=O) groups is 1. The minimum Gasteiger partial charge on any atom is -0.373 e. The molecule has 1 fully saturated rings. The Balaban J connectivity index is 1.55. The minimum atomic E-state index is -0.343. The highest BCUT2D eigenvalue weighted by Crippen LogP contribution is 2.44. The molecule has 1 aliphatic heterocycles. The topological polar surface area (TPSA) is 41.1 Å². The molecule has 0 bridgehead atoms. The van der Waals surface area contributed by atoms with Crippen LogP contribution >= 0.6 is 0 Å². The van der Waals surface area contributed by atoms with Crippen LogP contribution in [-0.2, 0) is 11.2 Å². The molecule has 4 heteroatoms. The number of anilines is 1. The van der Waals surface area contributed by atoms with Gasteiger partial charge < -0.3 is 10.6 Å². The van der Waals surface area contributed by atoms with E-state index < -0.39 is 0 Å². The summed E-state index contributed by atoms with van der Waals surface area (Å²) in [4.78, 5) is 12.2. The van der Waals surface area contributed by atoms with Crippen molar-refractivity contribution < 1.29 is 9.18 Å². The largest absolute Gasteiger partial charge is 0.373 e. The molecule has 0 spiro atoms. The minimum absolute atomic E-state index is 0.0204. The number of fused-ring (bicyclic) bond motifs is 1. The molecule has 2 N–H and O–H groups in total. The molecule has 0 aromatic heterocycles. The zero-order valence-corrected chi connectivity index (χ0v) is 12.9. The SMILES string of the molecule is Cc1cc(F)c2c(c1)NC(C(=O)NCC1CC(C)(C)C1)C2. The molecule has 0 radical (unpaired) electrons. The fourth-order valence-electron chi connectivity index (χ4n) is 3.73. The molecule has 1 atom stereocenters. The molecular weight excluding hydrogens is 267 g/mol. The maximum atomic E-state index is 13.9. The van der Waals surface area contributed by atoms with Gasteiger partial charge >= 0.3 is 0 Å². The van der Waals surface area contributed by atoms with Crippen molar-refractivity contribution in [3.05, 3.63) is 29.1 Å². The van der Waals surface area contributed by atoms with Crippen LogP contribution in [0.25, 0.3) is 0 Å². The van der Waals surface area contributed by atoms with E-state index >= 15 is 0 Å². The van der Waals surface area contributed by atoms with Crippen molar-refractivity contribution in [2.24, 2.45) is 11.3 Å². The third-order valence-electron chi connectivity index (χ3n) is 4.64. The van der Waals surface area contributed by atoms with E-state index in [4.69, 9.17) is 0 Å². The van der Waals surface area contributed by atoms with Crippen LogP contribution in [0.3, 0.4) is 0 Å². The van der Waals surface area contributed by atoms with Gasteiger partial charge in [-0.25, -0.2) is 4.39 Å². The van der Waals surface area contributed by atoms with E-state index in [1.807, 2.05) is 13.0 Å². The standard InChI is InChI=1S/C17H23FN2O/c1-10-4-13(18)12-6-15(20-14(12)5-10)16(21)19-9-11-7-17(2,3)8-11/h4-5,11,15,20H,6-9H2,1-3H3,(H,19,21). The Morgan fingerprint density at radius 2 is 2.14 bits per heavy atom. The molecule has 21 heavy (non-hydrogen) atoms. The summed E-state index contributed by atoms with van der Waals surface area (Å²) in [5, 5.41) is 6.15. The lowest BCUT2D eigenvalue weighted by atomic mass is 9.64. The number of benzene rings is 1. The van der Waals surface area contributed by atoms with E-state index in [0.29, 0.717) is 23.3 Å². The van der Waals surface area contributed by atoms with Crippen molar-refractivity contribution in [2.75, 3.05) is 11.9 Å². The zero-order chi connectivity index (χ0) is 15.2. The monoisotopic (exact) mass is 290 g/mol. The Bertz CT molecular complexity index is 574. The number of rotatable bonds is 3. The maximum Gasteiger partial charge on any atom is 0.242 e. The Labute approximate surface area is 125 Å². The van der Waals surface area contributed by atoms with Crippen LogP contribution in [0.2, 0.25) is 0 Å². The van der Waals surface area contributed by atoms with Crippen LogP contribution in [0.5, 0.6) is 0 Å². The summed E-state index contributed by atoms with van der Waals surface area (Å²) < 4.78 is 13.9. The highest BCUT2D eigenvalue weighted by atomic mass is 19.1. The average molecular weight is 290 g/mol. The van der Waals surface area contributed by atoms with E-state index in [9.17, 15) is 9.18 Å². The summed E-state index contributed by atoms with van der Waals surface area (Å²) in [6, 6.07) is 3.08. The van der Waals surface area contributed by atoms with Gasteiger partial charge in [-0.3, -0.25) is 4.79 Å². The van der Waals surface area contributed by atoms with Crippen LogP contribution in [0.1, 0.15) is 37.8 Å². The number of nitrogens with one attached hydrogen (secondary N) is 2. The van der Waals surface area contributed by atoms with Crippen molar-refractivity contribution in [1.82, 2.24) is 5.32 Å². The fraction of sp³-hybridized carbons (Fsp3) is 0.588. The maximum absolute atomic E-state index is 13.9. The third-order valence-corrected chi connectivity index (χ3v) is 4.64. The first-order chi connectivity index (χ1) is 9.84. The van der Waals surface area contributed by atoms with Gasteiger partial charge in [-0.05, 0) is 48.8 Å². The predicted molar refractivity (Wildman–Crippen MR) is 81.8 cm³/mol. The smallest absolute Gasteiger partial charge is 0.242 e. The summed E-state index contributed by atoms with van der Waals surface area (Å²) in [6.07, 6.45) is 2.77. The molecule has 0 saturated heterocycles. The van der Waals surface area contributed by atoms with Crippen molar-refractivity contribution in [1.29, 1.82) is 0 Å². The summed E-state index contributed by atoms with van der Waals surface area (Å²) in [7, 11) is 0. The van der Waals surface area contributed by atoms with Gasteiger partial charge in [0.2, 0.25) is 5.91 Å². The Hall–Kier alpha value is -1.58. The van der Waals surface area contributed by atoms with Gasteiger partial charge in [0.25, 0.3) is 0 Å². The highest BCUT2D eigenvalue weighted by molar-refractivity contribution is 5.87. The number of halogens is 1. The first-order valence-electron chi connectivity index (χ1n) is 7.67. The van der Waals surface area contributed by atoms with Crippen molar-refractivity contribution in [2.45, 2.75) is 46.1 Å². The van der Waals surface area contributed by atoms with E-state index in [-0.39, 0.29) is 17.8 Å². The lowest BCUT2D eigenvalue weighted by Gasteiger charge is -2.42. The van der Waals surface area contributed by atoms with Crippen LogP contribution in [0, 0.1) is 24.1 Å². The number of amides is 1. The normalized spacial score (nSPS) is 23.1. The summed E-state index contributed by atoms with van der Waals surface area (Å²) in [5.41, 5.74) is 2.69. The zero-order valence-electron chi connectivity index (χ0n) is 12.9. The molecule has 1 heterocycles. The molecule has 1 aromatic carbocycles. The van der Waals surface area contributed by atoms with Gasteiger partial charge in [-0.15, -0.1) is 0 Å². The number of aryl methyl sites for hydroxylation is 1. The molecule has 1 aromatic rings. The van der Waals surface area contributed by atoms with Crippen LogP contribution in [0.4, 0.5) is 10.1 Å². The Kier molecular flexibility index (Phi) is 3.42. The summed E-state index contributed by atoms with van der Waals surface area (Å²) >= 11 is 0. The van der Waals surface area contributed by atoms with Crippen LogP contribution < -0.4 is 10.6 Å². The first kappa shape index (κ1) is 14.4. The molecule has 3 nitrogen and oxygen atoms in total. The predicted octanol–water partition coefficient (Wildman–Crippen LogP) is 3.02. The number of hydrogen-bond acceptors (Lipinski definition) is 2. The lowest BCUT2D eigenvalue weighted by molar-refractivity contribution is -0.122. The first-order valence-corrected chi connectivity index (χ1v) is 7.67. The van der Waals surface area contributed by atoms with Gasteiger partial charge in [-0.2, -0.15) is 0 Å². The van der Waals surface area contributed by atoms with Gasteiger partial charge in [-0.1, -0.05) is 13.8 Å². The van der Waals surface area contributed by atoms with Crippen molar-refractivity contribution in [3.8, 4) is 0 Å². The number of hydrogen-bond donors (Lipinski definition) is 2. The molecule has 1 amide bonds. The van der Waals surface area contributed by atoms with Gasteiger partial charge in [0.15, 0.2) is 0 Å². The third kappa shape index (κ3) is 2.89. The van der Waals surface area contributed by atoms with Crippen LogP contribution in [0.15, 0.2) is 12.1 Å². The van der Waals surface area contributed by atoms with E-state index in [1.165, 1.54) is 18.9 Å². The summed E-state index contributed by atoms with van der Waals surface area (Å²) in [6.45, 7) is 7.10. The Morgan fingerprint density at radius 3 is 2.81 bits per heavy atom. The van der Waals surface area contributed by atoms with Crippen molar-refractivity contribution >= 4 is 11.6 Å². The second kappa shape index (κ2) is 5.00. The molecule has 3 rings (SSSR count). The quantitative estimate of drug-likeness (QED) is 0.898. The molecule has 1 saturated carbocycles. The van der Waals surface area contributed by atoms with Crippen molar-refractivity contribution in [3.63, 3.8) is 0 Å². The van der Waals surface area contributed by atoms with Gasteiger partial charge in [0.05, 0.1) is 0 Å².